The summed E-state index contributed by atoms with van der Waals surface area (Å²) in [4.78, 5) is 0. The molecule has 0 aliphatic heterocycles. The van der Waals surface area contributed by atoms with Gasteiger partial charge in [0.2, 0.25) is 0 Å². The van der Waals surface area contributed by atoms with Crippen molar-refractivity contribution in [3.05, 3.63) is 42.0 Å². The molecule has 0 saturated heterocycles. The molecule has 0 nitrogen and oxygen atoms in total. The standard InChI is InChI=1S/C19H32ClP/c1-5-7-8-9-10-11-16-21(3,4,20)17-19-14-12-18(6-2)13-15-19/h6,12-15H,2,5,7-11,16-17H2,1,3-4H3. The van der Waals surface area contributed by atoms with E-state index in [1.165, 1.54) is 55.8 Å². The summed E-state index contributed by atoms with van der Waals surface area (Å²) in [7, 11) is 0. The Balaban J connectivity index is 2.46. The first kappa shape index (κ1) is 18.7. The predicted molar refractivity (Wildman–Crippen MR) is 103 cm³/mol. The molecule has 0 bridgehead atoms. The number of unbranched alkanes of at least 4 members (excludes halogenated alkanes) is 5. The van der Waals surface area contributed by atoms with Gasteiger partial charge in [0.15, 0.2) is 0 Å². The van der Waals surface area contributed by atoms with Crippen molar-refractivity contribution in [2.45, 2.75) is 51.6 Å². The second-order valence-corrected chi connectivity index (χ2v) is 16.4. The molecule has 2 heteroatoms. The molecule has 0 aliphatic rings. The molecule has 1 aromatic rings. The van der Waals surface area contributed by atoms with Gasteiger partial charge in [0.1, 0.15) is 0 Å². The monoisotopic (exact) mass is 326 g/mol. The molecular formula is C19H32ClP. The molecule has 1 rings (SSSR count). The third-order valence-corrected chi connectivity index (χ3v) is 7.99. The molecule has 0 aliphatic carbocycles. The third kappa shape index (κ3) is 8.03. The van der Waals surface area contributed by atoms with Crippen molar-refractivity contribution in [1.82, 2.24) is 0 Å². The molecule has 1 aromatic carbocycles. The van der Waals surface area contributed by atoms with E-state index in [2.05, 4.69) is 51.1 Å². The molecule has 0 saturated carbocycles. The van der Waals surface area contributed by atoms with Gasteiger partial charge in [-0.25, -0.2) is 0 Å². The van der Waals surface area contributed by atoms with Crippen LogP contribution in [0.25, 0.3) is 6.08 Å². The van der Waals surface area contributed by atoms with E-state index in [0.29, 0.717) is 0 Å². The van der Waals surface area contributed by atoms with Gasteiger partial charge in [-0.05, 0) is 0 Å². The molecule has 120 valence electrons. The quantitative estimate of drug-likeness (QED) is 0.316. The van der Waals surface area contributed by atoms with Crippen LogP contribution in [0, 0.1) is 0 Å². The van der Waals surface area contributed by atoms with Crippen molar-refractivity contribution in [1.29, 1.82) is 0 Å². The number of hydrogen-bond acceptors (Lipinski definition) is 0. The summed E-state index contributed by atoms with van der Waals surface area (Å²) in [5.74, 6) is -2.07. The Hall–Kier alpha value is -0.320. The van der Waals surface area contributed by atoms with Crippen molar-refractivity contribution in [2.75, 3.05) is 19.5 Å². The van der Waals surface area contributed by atoms with Gasteiger partial charge in [-0.15, -0.1) is 0 Å². The van der Waals surface area contributed by atoms with E-state index < -0.39 is 5.96 Å². The Morgan fingerprint density at radius 2 is 1.57 bits per heavy atom. The summed E-state index contributed by atoms with van der Waals surface area (Å²) in [6.07, 6.45) is 12.2. The van der Waals surface area contributed by atoms with Gasteiger partial charge >= 0.3 is 136 Å². The summed E-state index contributed by atoms with van der Waals surface area (Å²) in [5.41, 5.74) is 2.54. The first-order chi connectivity index (χ1) is 9.84. The van der Waals surface area contributed by atoms with Crippen molar-refractivity contribution in [3.8, 4) is 0 Å². The Morgan fingerprint density at radius 1 is 1.00 bits per heavy atom. The Bertz CT molecular complexity index is 425. The van der Waals surface area contributed by atoms with Crippen LogP contribution in [0.2, 0.25) is 0 Å². The van der Waals surface area contributed by atoms with Gasteiger partial charge in [0, 0.05) is 0 Å². The number of benzene rings is 1. The normalized spacial score (nSPS) is 13.6. The Morgan fingerprint density at radius 3 is 2.14 bits per heavy atom. The van der Waals surface area contributed by atoms with Crippen LogP contribution >= 0.6 is 17.2 Å². The fourth-order valence-electron chi connectivity index (χ4n) is 2.78. The Labute approximate surface area is 136 Å². The van der Waals surface area contributed by atoms with E-state index >= 15 is 0 Å². The van der Waals surface area contributed by atoms with E-state index in [4.69, 9.17) is 11.2 Å². The number of rotatable bonds is 10. The van der Waals surface area contributed by atoms with E-state index in [0.717, 1.165) is 6.16 Å². The summed E-state index contributed by atoms with van der Waals surface area (Å²) < 4.78 is 0. The minimum absolute atomic E-state index is 1.04. The molecule has 0 N–H and O–H groups in total. The topological polar surface area (TPSA) is 0 Å². The van der Waals surface area contributed by atoms with Crippen molar-refractivity contribution >= 4 is 23.3 Å². The molecule has 0 atom stereocenters. The zero-order chi connectivity index (χ0) is 15.8. The van der Waals surface area contributed by atoms with Crippen molar-refractivity contribution in [2.24, 2.45) is 0 Å². The van der Waals surface area contributed by atoms with E-state index in [1.807, 2.05) is 6.08 Å². The molecule has 0 spiro atoms. The van der Waals surface area contributed by atoms with Crippen LogP contribution in [0.1, 0.15) is 56.6 Å². The molecule has 0 amide bonds. The minimum atomic E-state index is -2.07. The second kappa shape index (κ2) is 8.35. The SMILES string of the molecule is C=Cc1ccc(CP(C)(C)(Cl)CCCCCCCC)cc1. The zero-order valence-electron chi connectivity index (χ0n) is 14.1. The van der Waals surface area contributed by atoms with Crippen molar-refractivity contribution < 1.29 is 0 Å². The number of halogens is 1. The second-order valence-electron chi connectivity index (χ2n) is 7.11. The average Bonchev–Trinajstić information content (AvgIpc) is 2.42. The molecule has 21 heavy (non-hydrogen) atoms. The van der Waals surface area contributed by atoms with Crippen LogP contribution in [0.15, 0.2) is 30.8 Å². The van der Waals surface area contributed by atoms with Gasteiger partial charge in [0.05, 0.1) is 0 Å². The first-order valence-corrected chi connectivity index (χ1v) is 12.7. The van der Waals surface area contributed by atoms with Gasteiger partial charge in [-0.2, -0.15) is 0 Å². The van der Waals surface area contributed by atoms with Gasteiger partial charge in [-0.1, -0.05) is 0 Å². The van der Waals surface area contributed by atoms with E-state index in [1.54, 1.807) is 0 Å². The Kier molecular flexibility index (Phi) is 7.45. The molecule has 0 aromatic heterocycles. The molecule has 0 unspecified atom stereocenters. The van der Waals surface area contributed by atoms with Crippen LogP contribution in [0.5, 0.6) is 0 Å². The van der Waals surface area contributed by atoms with Crippen LogP contribution in [-0.4, -0.2) is 19.5 Å². The summed E-state index contributed by atoms with van der Waals surface area (Å²) in [6.45, 7) is 10.7. The van der Waals surface area contributed by atoms with Crippen molar-refractivity contribution in [3.63, 3.8) is 0 Å². The van der Waals surface area contributed by atoms with Crippen LogP contribution < -0.4 is 0 Å². The van der Waals surface area contributed by atoms with Gasteiger partial charge in [0.25, 0.3) is 0 Å². The first-order valence-electron chi connectivity index (χ1n) is 8.27. The van der Waals surface area contributed by atoms with Gasteiger partial charge < -0.3 is 0 Å². The van der Waals surface area contributed by atoms with E-state index in [9.17, 15) is 0 Å². The van der Waals surface area contributed by atoms with E-state index in [-0.39, 0.29) is 0 Å². The molecular weight excluding hydrogens is 295 g/mol. The van der Waals surface area contributed by atoms with Gasteiger partial charge in [-0.3, -0.25) is 0 Å². The zero-order valence-corrected chi connectivity index (χ0v) is 15.7. The predicted octanol–water partition coefficient (Wildman–Crippen LogP) is 7.16. The van der Waals surface area contributed by atoms with Crippen LogP contribution in [-0.2, 0) is 6.16 Å². The fourth-order valence-corrected chi connectivity index (χ4v) is 6.25. The van der Waals surface area contributed by atoms with Crippen LogP contribution in [0.3, 0.4) is 0 Å². The maximum atomic E-state index is 7.05. The maximum absolute atomic E-state index is 7.05. The fraction of sp³-hybridized carbons (Fsp3) is 0.579. The summed E-state index contributed by atoms with van der Waals surface area (Å²) >= 11 is 7.05. The molecule has 0 heterocycles. The summed E-state index contributed by atoms with van der Waals surface area (Å²) in [6, 6.07) is 8.68. The average molecular weight is 327 g/mol. The van der Waals surface area contributed by atoms with Crippen LogP contribution in [0.4, 0.5) is 0 Å². The molecule has 0 radical (unpaired) electrons. The number of hydrogen-bond donors (Lipinski definition) is 0. The summed E-state index contributed by atoms with van der Waals surface area (Å²) in [5, 5.41) is 0. The third-order valence-electron chi connectivity index (χ3n) is 4.09. The molecule has 0 fully saturated rings.